The Balaban J connectivity index is 1.41. The van der Waals surface area contributed by atoms with Gasteiger partial charge in [0.2, 0.25) is 0 Å². The molecule has 2 aliphatic rings. The van der Waals surface area contributed by atoms with Crippen LogP contribution >= 0.6 is 0 Å². The maximum absolute atomic E-state index is 6.38. The topological polar surface area (TPSA) is 47.3 Å². The summed E-state index contributed by atoms with van der Waals surface area (Å²) in [6.07, 6.45) is 10.3. The first-order valence-corrected chi connectivity index (χ1v) is 7.36. The molecule has 0 unspecified atom stereocenters. The van der Waals surface area contributed by atoms with Crippen LogP contribution < -0.4 is 11.1 Å². The Bertz CT molecular complexity index is 210. The van der Waals surface area contributed by atoms with Gasteiger partial charge < -0.3 is 15.8 Å². The molecule has 0 bridgehead atoms. The normalized spacial score (nSPS) is 23.8. The van der Waals surface area contributed by atoms with Gasteiger partial charge in [-0.15, -0.1) is 0 Å². The lowest BCUT2D eigenvalue weighted by atomic mass is 9.80. The van der Waals surface area contributed by atoms with Crippen LogP contribution in [-0.4, -0.2) is 31.8 Å². The lowest BCUT2D eigenvalue weighted by molar-refractivity contribution is 0.125. The summed E-state index contributed by atoms with van der Waals surface area (Å²) in [5.74, 6) is 0.879. The van der Waals surface area contributed by atoms with E-state index >= 15 is 0 Å². The van der Waals surface area contributed by atoms with Crippen molar-refractivity contribution in [2.24, 2.45) is 11.7 Å². The molecule has 2 saturated carbocycles. The van der Waals surface area contributed by atoms with Crippen LogP contribution in [0.15, 0.2) is 0 Å². The molecular formula is C14H28N2O. The fraction of sp³-hybridized carbons (Fsp3) is 1.00. The SMILES string of the molecule is NC1(CCNCCOCC2CC2)CCCCC1. The zero-order valence-electron chi connectivity index (χ0n) is 11.0. The number of nitrogens with one attached hydrogen (secondary N) is 1. The van der Waals surface area contributed by atoms with E-state index < -0.39 is 0 Å². The first kappa shape index (κ1) is 13.3. The van der Waals surface area contributed by atoms with E-state index in [-0.39, 0.29) is 5.54 Å². The third kappa shape index (κ3) is 5.36. The number of hydrogen-bond donors (Lipinski definition) is 2. The summed E-state index contributed by atoms with van der Waals surface area (Å²) >= 11 is 0. The van der Waals surface area contributed by atoms with Gasteiger partial charge in [-0.1, -0.05) is 19.3 Å². The van der Waals surface area contributed by atoms with Crippen molar-refractivity contribution in [1.82, 2.24) is 5.32 Å². The van der Waals surface area contributed by atoms with Gasteiger partial charge in [-0.05, 0) is 44.6 Å². The summed E-state index contributed by atoms with van der Waals surface area (Å²) in [5.41, 5.74) is 6.50. The van der Waals surface area contributed by atoms with Crippen LogP contribution in [0.4, 0.5) is 0 Å². The number of nitrogens with two attached hydrogens (primary N) is 1. The second-order valence-electron chi connectivity index (χ2n) is 5.94. The second kappa shape index (κ2) is 6.72. The van der Waals surface area contributed by atoms with Crippen LogP contribution in [0.3, 0.4) is 0 Å². The minimum absolute atomic E-state index is 0.125. The Labute approximate surface area is 105 Å². The monoisotopic (exact) mass is 240 g/mol. The van der Waals surface area contributed by atoms with E-state index in [1.54, 1.807) is 0 Å². The second-order valence-corrected chi connectivity index (χ2v) is 5.94. The average Bonchev–Trinajstić information content (AvgIpc) is 3.13. The quantitative estimate of drug-likeness (QED) is 0.638. The molecule has 0 atom stereocenters. The van der Waals surface area contributed by atoms with Gasteiger partial charge in [0.15, 0.2) is 0 Å². The molecule has 2 rings (SSSR count). The molecule has 0 radical (unpaired) electrons. The van der Waals surface area contributed by atoms with Gasteiger partial charge in [-0.2, -0.15) is 0 Å². The summed E-state index contributed by atoms with van der Waals surface area (Å²) in [6.45, 7) is 3.85. The molecule has 3 heteroatoms. The predicted octanol–water partition coefficient (Wildman–Crippen LogP) is 2.05. The third-order valence-corrected chi connectivity index (χ3v) is 4.12. The minimum atomic E-state index is 0.125. The smallest absolute Gasteiger partial charge is 0.0591 e. The van der Waals surface area contributed by atoms with E-state index in [9.17, 15) is 0 Å². The fourth-order valence-electron chi connectivity index (χ4n) is 2.65. The first-order chi connectivity index (χ1) is 8.29. The molecule has 0 heterocycles. The van der Waals surface area contributed by atoms with Gasteiger partial charge in [-0.25, -0.2) is 0 Å². The zero-order valence-corrected chi connectivity index (χ0v) is 11.0. The highest BCUT2D eigenvalue weighted by atomic mass is 16.5. The van der Waals surface area contributed by atoms with E-state index in [0.717, 1.165) is 38.6 Å². The third-order valence-electron chi connectivity index (χ3n) is 4.12. The van der Waals surface area contributed by atoms with Crippen LogP contribution in [0.1, 0.15) is 51.4 Å². The first-order valence-electron chi connectivity index (χ1n) is 7.36. The molecule has 0 amide bonds. The molecule has 0 aromatic carbocycles. The highest BCUT2D eigenvalue weighted by Crippen LogP contribution is 2.29. The summed E-state index contributed by atoms with van der Waals surface area (Å²) in [7, 11) is 0. The highest BCUT2D eigenvalue weighted by molar-refractivity contribution is 4.87. The van der Waals surface area contributed by atoms with Gasteiger partial charge in [-0.3, -0.25) is 0 Å². The summed E-state index contributed by atoms with van der Waals surface area (Å²) in [6, 6.07) is 0. The molecule has 0 aromatic heterocycles. The van der Waals surface area contributed by atoms with Crippen molar-refractivity contribution in [2.75, 3.05) is 26.3 Å². The molecule has 17 heavy (non-hydrogen) atoms. The Morgan fingerprint density at radius 1 is 1.12 bits per heavy atom. The van der Waals surface area contributed by atoms with Crippen LogP contribution in [0, 0.1) is 5.92 Å². The Kier molecular flexibility index (Phi) is 5.26. The molecule has 0 saturated heterocycles. The van der Waals surface area contributed by atoms with E-state index in [1.165, 1.54) is 44.9 Å². The van der Waals surface area contributed by atoms with Gasteiger partial charge in [0.25, 0.3) is 0 Å². The van der Waals surface area contributed by atoms with Crippen molar-refractivity contribution in [3.8, 4) is 0 Å². The van der Waals surface area contributed by atoms with E-state index in [4.69, 9.17) is 10.5 Å². The maximum Gasteiger partial charge on any atom is 0.0591 e. The highest BCUT2D eigenvalue weighted by Gasteiger charge is 2.26. The molecule has 0 aromatic rings. The standard InChI is InChI=1S/C14H28N2O/c15-14(6-2-1-3-7-14)8-9-16-10-11-17-12-13-4-5-13/h13,16H,1-12,15H2. The van der Waals surface area contributed by atoms with Crippen LogP contribution in [0.25, 0.3) is 0 Å². The van der Waals surface area contributed by atoms with Crippen molar-refractivity contribution in [3.63, 3.8) is 0 Å². The van der Waals surface area contributed by atoms with Crippen molar-refractivity contribution in [3.05, 3.63) is 0 Å². The van der Waals surface area contributed by atoms with E-state index in [1.807, 2.05) is 0 Å². The Morgan fingerprint density at radius 3 is 2.59 bits per heavy atom. The molecule has 0 spiro atoms. The number of rotatable bonds is 8. The summed E-state index contributed by atoms with van der Waals surface area (Å²) in [4.78, 5) is 0. The summed E-state index contributed by atoms with van der Waals surface area (Å²) < 4.78 is 5.58. The number of hydrogen-bond acceptors (Lipinski definition) is 3. The predicted molar refractivity (Wildman–Crippen MR) is 71.0 cm³/mol. The molecule has 0 aliphatic heterocycles. The Morgan fingerprint density at radius 2 is 1.88 bits per heavy atom. The van der Waals surface area contributed by atoms with Gasteiger partial charge in [0.1, 0.15) is 0 Å². The van der Waals surface area contributed by atoms with Crippen LogP contribution in [0.5, 0.6) is 0 Å². The molecule has 3 N–H and O–H groups in total. The van der Waals surface area contributed by atoms with E-state index in [0.29, 0.717) is 0 Å². The van der Waals surface area contributed by atoms with Crippen molar-refractivity contribution in [1.29, 1.82) is 0 Å². The fourth-order valence-corrected chi connectivity index (χ4v) is 2.65. The summed E-state index contributed by atoms with van der Waals surface area (Å²) in [5, 5.41) is 3.45. The van der Waals surface area contributed by atoms with Crippen molar-refractivity contribution < 1.29 is 4.74 Å². The molecular weight excluding hydrogens is 212 g/mol. The van der Waals surface area contributed by atoms with Crippen molar-refractivity contribution in [2.45, 2.75) is 56.9 Å². The lowest BCUT2D eigenvalue weighted by Crippen LogP contribution is -2.44. The van der Waals surface area contributed by atoms with Gasteiger partial charge in [0, 0.05) is 18.7 Å². The zero-order chi connectivity index (χ0) is 12.0. The van der Waals surface area contributed by atoms with E-state index in [2.05, 4.69) is 5.32 Å². The molecule has 2 aliphatic carbocycles. The largest absolute Gasteiger partial charge is 0.380 e. The molecule has 100 valence electrons. The van der Waals surface area contributed by atoms with Gasteiger partial charge >= 0.3 is 0 Å². The Hall–Kier alpha value is -0.120. The number of ether oxygens (including phenoxy) is 1. The van der Waals surface area contributed by atoms with Crippen LogP contribution in [-0.2, 0) is 4.74 Å². The molecule has 3 nitrogen and oxygen atoms in total. The van der Waals surface area contributed by atoms with Crippen molar-refractivity contribution >= 4 is 0 Å². The molecule has 2 fully saturated rings. The van der Waals surface area contributed by atoms with Crippen LogP contribution in [0.2, 0.25) is 0 Å². The maximum atomic E-state index is 6.38. The lowest BCUT2D eigenvalue weighted by Gasteiger charge is -2.33. The average molecular weight is 240 g/mol. The minimum Gasteiger partial charge on any atom is -0.380 e. The van der Waals surface area contributed by atoms with Gasteiger partial charge in [0.05, 0.1) is 6.61 Å².